The molecule has 2 atom stereocenters. The summed E-state index contributed by atoms with van der Waals surface area (Å²) in [5.41, 5.74) is 0.660. The van der Waals surface area contributed by atoms with Gasteiger partial charge in [-0.15, -0.1) is 0 Å². The Hall–Kier alpha value is -1.36. The molecule has 0 saturated heterocycles. The lowest BCUT2D eigenvalue weighted by atomic mass is 10.0. The van der Waals surface area contributed by atoms with E-state index in [2.05, 4.69) is 46.3 Å². The highest BCUT2D eigenvalue weighted by atomic mass is 35.5. The summed E-state index contributed by atoms with van der Waals surface area (Å²) in [6.45, 7) is 6.60. The van der Waals surface area contributed by atoms with Gasteiger partial charge in [0.2, 0.25) is 5.28 Å². The van der Waals surface area contributed by atoms with Crippen molar-refractivity contribution in [1.82, 2.24) is 20.2 Å². The van der Waals surface area contributed by atoms with E-state index in [-0.39, 0.29) is 5.28 Å². The molecule has 0 amide bonds. The predicted octanol–water partition coefficient (Wildman–Crippen LogP) is 3.24. The van der Waals surface area contributed by atoms with E-state index in [9.17, 15) is 0 Å². The van der Waals surface area contributed by atoms with Crippen LogP contribution < -0.4 is 5.32 Å². The molecule has 2 heterocycles. The minimum atomic E-state index is 0.227. The number of rotatable bonds is 5. The normalized spacial score (nSPS) is 14.7. The van der Waals surface area contributed by atoms with E-state index in [0.29, 0.717) is 17.6 Å². The summed E-state index contributed by atoms with van der Waals surface area (Å²) in [5.74, 6) is 1.43. The summed E-state index contributed by atoms with van der Waals surface area (Å²) < 4.78 is 0. The van der Waals surface area contributed by atoms with E-state index in [1.807, 2.05) is 0 Å². The highest BCUT2D eigenvalue weighted by Crippen LogP contribution is 2.22. The predicted molar refractivity (Wildman–Crippen MR) is 73.9 cm³/mol. The molecule has 0 saturated carbocycles. The number of aromatic nitrogens is 4. The fraction of sp³-hybridized carbons (Fsp3) is 0.583. The molecule has 0 aromatic carbocycles. The van der Waals surface area contributed by atoms with Gasteiger partial charge in [-0.25, -0.2) is 0 Å². The highest BCUT2D eigenvalue weighted by molar-refractivity contribution is 6.28. The minimum absolute atomic E-state index is 0.227. The maximum atomic E-state index is 5.89. The van der Waals surface area contributed by atoms with Crippen LogP contribution in [0.2, 0.25) is 5.28 Å². The van der Waals surface area contributed by atoms with E-state index in [4.69, 9.17) is 11.6 Å². The molecule has 2 rings (SSSR count). The molecular formula is C12H18ClN5. The Balaban J connectivity index is 2.18. The van der Waals surface area contributed by atoms with Crippen LogP contribution in [0.25, 0.3) is 11.0 Å². The molecule has 2 aromatic heterocycles. The molecule has 98 valence electrons. The summed E-state index contributed by atoms with van der Waals surface area (Å²) >= 11 is 5.89. The van der Waals surface area contributed by atoms with Crippen LogP contribution >= 0.6 is 11.6 Å². The van der Waals surface area contributed by atoms with Crippen LogP contribution in [0, 0.1) is 5.92 Å². The molecule has 2 unspecified atom stereocenters. The van der Waals surface area contributed by atoms with Crippen LogP contribution in [-0.4, -0.2) is 26.2 Å². The van der Waals surface area contributed by atoms with Gasteiger partial charge >= 0.3 is 0 Å². The van der Waals surface area contributed by atoms with Gasteiger partial charge in [0.25, 0.3) is 0 Å². The second kappa shape index (κ2) is 5.52. The summed E-state index contributed by atoms with van der Waals surface area (Å²) in [7, 11) is 0. The number of hydrogen-bond donors (Lipinski definition) is 2. The van der Waals surface area contributed by atoms with Crippen molar-refractivity contribution >= 4 is 28.5 Å². The third-order valence-electron chi connectivity index (χ3n) is 3.12. The number of anilines is 1. The number of nitrogens with one attached hydrogen (secondary N) is 2. The molecule has 6 heteroatoms. The van der Waals surface area contributed by atoms with E-state index in [0.717, 1.165) is 17.6 Å². The molecule has 0 fully saturated rings. The van der Waals surface area contributed by atoms with Gasteiger partial charge in [-0.1, -0.05) is 20.3 Å². The molecule has 5 nitrogen and oxygen atoms in total. The van der Waals surface area contributed by atoms with Gasteiger partial charge in [-0.2, -0.15) is 15.1 Å². The van der Waals surface area contributed by atoms with Crippen molar-refractivity contribution in [1.29, 1.82) is 0 Å². The molecule has 0 aliphatic heterocycles. The van der Waals surface area contributed by atoms with Crippen molar-refractivity contribution in [3.63, 3.8) is 0 Å². The van der Waals surface area contributed by atoms with E-state index < -0.39 is 0 Å². The number of nitrogens with zero attached hydrogens (tertiary/aromatic N) is 3. The lowest BCUT2D eigenvalue weighted by Crippen LogP contribution is -2.19. The van der Waals surface area contributed by atoms with Crippen LogP contribution in [0.4, 0.5) is 5.82 Å². The second-order valence-electron chi connectivity index (χ2n) is 4.77. The number of halogens is 1. The quantitative estimate of drug-likeness (QED) is 0.816. The minimum Gasteiger partial charge on any atom is -0.367 e. The first-order valence-electron chi connectivity index (χ1n) is 6.23. The molecular weight excluding hydrogens is 250 g/mol. The Morgan fingerprint density at radius 1 is 1.39 bits per heavy atom. The summed E-state index contributed by atoms with van der Waals surface area (Å²) in [5, 5.41) is 11.2. The van der Waals surface area contributed by atoms with E-state index >= 15 is 0 Å². The summed E-state index contributed by atoms with van der Waals surface area (Å²) in [4.78, 5) is 8.31. The van der Waals surface area contributed by atoms with E-state index in [1.54, 1.807) is 6.20 Å². The Bertz CT molecular complexity index is 524. The molecule has 0 aliphatic rings. The molecule has 0 bridgehead atoms. The zero-order chi connectivity index (χ0) is 13.1. The van der Waals surface area contributed by atoms with Crippen LogP contribution in [-0.2, 0) is 0 Å². The molecule has 0 spiro atoms. The standard InChI is InChI=1S/C12H18ClN5/c1-4-7(2)5-8(3)15-10-9-6-14-18-11(9)17-12(13)16-10/h6-8H,4-5H2,1-3H3,(H2,14,15,16,17,18). The van der Waals surface area contributed by atoms with Gasteiger partial charge in [0, 0.05) is 6.04 Å². The van der Waals surface area contributed by atoms with Gasteiger partial charge in [-0.05, 0) is 30.9 Å². The van der Waals surface area contributed by atoms with Crippen molar-refractivity contribution in [2.75, 3.05) is 5.32 Å². The van der Waals surface area contributed by atoms with Crippen molar-refractivity contribution in [2.24, 2.45) is 5.92 Å². The lowest BCUT2D eigenvalue weighted by Gasteiger charge is -2.18. The summed E-state index contributed by atoms with van der Waals surface area (Å²) in [6.07, 6.45) is 3.99. The maximum absolute atomic E-state index is 5.89. The monoisotopic (exact) mass is 267 g/mol. The third-order valence-corrected chi connectivity index (χ3v) is 3.29. The van der Waals surface area contributed by atoms with Gasteiger partial charge in [0.15, 0.2) is 5.65 Å². The molecule has 0 aliphatic carbocycles. The first-order chi connectivity index (χ1) is 8.60. The first-order valence-corrected chi connectivity index (χ1v) is 6.61. The van der Waals surface area contributed by atoms with Crippen molar-refractivity contribution in [2.45, 2.75) is 39.7 Å². The Morgan fingerprint density at radius 2 is 2.17 bits per heavy atom. The molecule has 2 aromatic rings. The topological polar surface area (TPSA) is 66.5 Å². The lowest BCUT2D eigenvalue weighted by molar-refractivity contribution is 0.483. The Kier molecular flexibility index (Phi) is 4.01. The number of aromatic amines is 1. The molecule has 18 heavy (non-hydrogen) atoms. The van der Waals surface area contributed by atoms with Crippen LogP contribution in [0.1, 0.15) is 33.6 Å². The summed E-state index contributed by atoms with van der Waals surface area (Å²) in [6, 6.07) is 0.337. The van der Waals surface area contributed by atoms with Gasteiger partial charge in [0.1, 0.15) is 5.82 Å². The second-order valence-corrected chi connectivity index (χ2v) is 5.11. The number of hydrogen-bond acceptors (Lipinski definition) is 4. The number of H-pyrrole nitrogens is 1. The van der Waals surface area contributed by atoms with Crippen LogP contribution in [0.5, 0.6) is 0 Å². The zero-order valence-corrected chi connectivity index (χ0v) is 11.6. The third kappa shape index (κ3) is 2.90. The van der Waals surface area contributed by atoms with E-state index in [1.165, 1.54) is 6.42 Å². The first kappa shape index (κ1) is 13.1. The average molecular weight is 268 g/mol. The Morgan fingerprint density at radius 3 is 2.89 bits per heavy atom. The fourth-order valence-corrected chi connectivity index (χ4v) is 2.15. The van der Waals surface area contributed by atoms with Crippen LogP contribution in [0.3, 0.4) is 0 Å². The van der Waals surface area contributed by atoms with Gasteiger partial charge in [-0.3, -0.25) is 5.10 Å². The molecule has 0 radical (unpaired) electrons. The van der Waals surface area contributed by atoms with Crippen molar-refractivity contribution < 1.29 is 0 Å². The zero-order valence-electron chi connectivity index (χ0n) is 10.9. The number of fused-ring (bicyclic) bond motifs is 1. The van der Waals surface area contributed by atoms with Crippen molar-refractivity contribution in [3.8, 4) is 0 Å². The molecule has 2 N–H and O–H groups in total. The fourth-order valence-electron chi connectivity index (χ4n) is 1.98. The Labute approximate surface area is 111 Å². The smallest absolute Gasteiger partial charge is 0.226 e. The van der Waals surface area contributed by atoms with Crippen LogP contribution in [0.15, 0.2) is 6.20 Å². The van der Waals surface area contributed by atoms with Gasteiger partial charge in [0.05, 0.1) is 11.6 Å². The highest BCUT2D eigenvalue weighted by Gasteiger charge is 2.12. The van der Waals surface area contributed by atoms with Crippen molar-refractivity contribution in [3.05, 3.63) is 11.5 Å². The van der Waals surface area contributed by atoms with Gasteiger partial charge < -0.3 is 5.32 Å². The largest absolute Gasteiger partial charge is 0.367 e. The average Bonchev–Trinajstić information content (AvgIpc) is 2.76. The maximum Gasteiger partial charge on any atom is 0.226 e. The SMILES string of the molecule is CCC(C)CC(C)Nc1nc(Cl)nc2[nH]ncc12.